The molecule has 0 aliphatic heterocycles. The molecule has 0 bridgehead atoms. The first-order chi connectivity index (χ1) is 7.09. The normalized spacial score (nSPS) is 9.07. The fourth-order valence-electron chi connectivity index (χ4n) is 0.767. The fourth-order valence-corrected chi connectivity index (χ4v) is 0.767. The molecule has 0 saturated heterocycles. The molecule has 0 fully saturated rings. The summed E-state index contributed by atoms with van der Waals surface area (Å²) >= 11 is 0. The Hall–Kier alpha value is -2.25. The van der Waals surface area contributed by atoms with Gasteiger partial charge in [0.05, 0.1) is 4.92 Å². The van der Waals surface area contributed by atoms with Crippen LogP contribution < -0.4 is 4.65 Å². The molecule has 1 rings (SSSR count). The number of nitrogens with zero attached hydrogens (tertiary/aromatic N) is 1. The van der Waals surface area contributed by atoms with Crippen molar-refractivity contribution >= 4 is 19.5 Å². The van der Waals surface area contributed by atoms with Gasteiger partial charge in [0.25, 0.3) is 5.69 Å². The SMILES string of the molecule is O=C(O)O[B]Oc1ccc([N+](=O)[O-])cc1. The van der Waals surface area contributed by atoms with Crippen LogP contribution in [0.4, 0.5) is 10.5 Å². The maximum Gasteiger partial charge on any atom is 0.662 e. The smallest absolute Gasteiger partial charge is 0.526 e. The average molecular weight is 210 g/mol. The third-order valence-corrected chi connectivity index (χ3v) is 1.38. The van der Waals surface area contributed by atoms with Gasteiger partial charge in [-0.15, -0.1) is 0 Å². The van der Waals surface area contributed by atoms with Crippen molar-refractivity contribution in [2.75, 3.05) is 0 Å². The molecule has 0 amide bonds. The van der Waals surface area contributed by atoms with Crippen LogP contribution in [0.5, 0.6) is 5.75 Å². The number of hydrogen-bond acceptors (Lipinski definition) is 5. The second-order valence-corrected chi connectivity index (χ2v) is 2.35. The summed E-state index contributed by atoms with van der Waals surface area (Å²) < 4.78 is 8.66. The number of hydrogen-bond donors (Lipinski definition) is 1. The molecular formula is C7H5BNO6. The lowest BCUT2D eigenvalue weighted by molar-refractivity contribution is -0.384. The van der Waals surface area contributed by atoms with Crippen LogP contribution >= 0.6 is 0 Å². The van der Waals surface area contributed by atoms with E-state index in [2.05, 4.69) is 4.65 Å². The van der Waals surface area contributed by atoms with Crippen LogP contribution in [-0.4, -0.2) is 23.9 Å². The molecule has 0 aromatic heterocycles. The van der Waals surface area contributed by atoms with Gasteiger partial charge in [0.2, 0.25) is 0 Å². The van der Waals surface area contributed by atoms with Crippen molar-refractivity contribution in [2.24, 2.45) is 0 Å². The molecule has 15 heavy (non-hydrogen) atoms. The Morgan fingerprint density at radius 3 is 2.47 bits per heavy atom. The number of nitro benzene ring substituents is 1. The number of benzene rings is 1. The lowest BCUT2D eigenvalue weighted by atomic mass is 10.3. The van der Waals surface area contributed by atoms with Gasteiger partial charge in [0.15, 0.2) is 0 Å². The standard InChI is InChI=1S/C7H5BNO6/c10-7(11)15-8-14-6-3-1-5(2-4-6)9(12)13/h1-4H,(H,10,11). The molecular weight excluding hydrogens is 205 g/mol. The summed E-state index contributed by atoms with van der Waals surface area (Å²) in [6.07, 6.45) is -1.50. The van der Waals surface area contributed by atoms with E-state index in [0.29, 0.717) is 7.69 Å². The van der Waals surface area contributed by atoms with Gasteiger partial charge in [-0.3, -0.25) is 10.1 Å². The maximum absolute atomic E-state index is 10.3. The van der Waals surface area contributed by atoms with E-state index in [1.54, 1.807) is 0 Å². The van der Waals surface area contributed by atoms with E-state index in [1.807, 2.05) is 0 Å². The zero-order valence-corrected chi connectivity index (χ0v) is 7.32. The highest BCUT2D eigenvalue weighted by Gasteiger charge is 2.07. The van der Waals surface area contributed by atoms with E-state index in [9.17, 15) is 14.9 Å². The Kier molecular flexibility index (Phi) is 3.50. The molecule has 0 unspecified atom stereocenters. The molecule has 0 saturated carbocycles. The van der Waals surface area contributed by atoms with E-state index in [4.69, 9.17) is 9.76 Å². The minimum Gasteiger partial charge on any atom is -0.526 e. The Morgan fingerprint density at radius 2 is 2.00 bits per heavy atom. The first kappa shape index (κ1) is 10.8. The van der Waals surface area contributed by atoms with E-state index in [1.165, 1.54) is 24.3 Å². The van der Waals surface area contributed by atoms with Crippen LogP contribution in [0.1, 0.15) is 0 Å². The summed E-state index contributed by atoms with van der Waals surface area (Å²) in [5.74, 6) is 0.238. The predicted octanol–water partition coefficient (Wildman–Crippen LogP) is 1.20. The summed E-state index contributed by atoms with van der Waals surface area (Å²) in [6.45, 7) is 0. The number of nitro groups is 1. The van der Waals surface area contributed by atoms with Crippen LogP contribution in [0, 0.1) is 10.1 Å². The number of rotatable bonds is 4. The Balaban J connectivity index is 2.50. The summed E-state index contributed by atoms with van der Waals surface area (Å²) in [4.78, 5) is 19.6. The lowest BCUT2D eigenvalue weighted by Crippen LogP contribution is -2.11. The van der Waals surface area contributed by atoms with E-state index in [0.717, 1.165) is 0 Å². The third kappa shape index (κ3) is 3.55. The fraction of sp³-hybridized carbons (Fsp3) is 0. The molecule has 1 aromatic rings. The molecule has 77 valence electrons. The van der Waals surface area contributed by atoms with Crippen LogP contribution in [0.3, 0.4) is 0 Å². The molecule has 0 heterocycles. The Morgan fingerprint density at radius 1 is 1.40 bits per heavy atom. The Bertz CT molecular complexity index is 364. The molecule has 8 heteroatoms. The molecule has 0 aliphatic carbocycles. The third-order valence-electron chi connectivity index (χ3n) is 1.38. The number of carbonyl (C=O) groups is 1. The second kappa shape index (κ2) is 4.84. The number of non-ortho nitro benzene ring substituents is 1. The second-order valence-electron chi connectivity index (χ2n) is 2.35. The van der Waals surface area contributed by atoms with Gasteiger partial charge in [-0.1, -0.05) is 0 Å². The molecule has 1 radical (unpaired) electrons. The van der Waals surface area contributed by atoms with Gasteiger partial charge in [0, 0.05) is 12.1 Å². The van der Waals surface area contributed by atoms with Gasteiger partial charge >= 0.3 is 13.8 Å². The van der Waals surface area contributed by atoms with Crippen molar-refractivity contribution in [1.29, 1.82) is 0 Å². The van der Waals surface area contributed by atoms with E-state index >= 15 is 0 Å². The van der Waals surface area contributed by atoms with Gasteiger partial charge in [0.1, 0.15) is 5.75 Å². The topological polar surface area (TPSA) is 98.9 Å². The molecule has 0 spiro atoms. The Labute approximate surface area is 84.7 Å². The predicted molar refractivity (Wildman–Crippen MR) is 48.6 cm³/mol. The zero-order chi connectivity index (χ0) is 11.3. The molecule has 1 N–H and O–H groups in total. The molecule has 1 aromatic carbocycles. The van der Waals surface area contributed by atoms with Crippen LogP contribution in [0.25, 0.3) is 0 Å². The largest absolute Gasteiger partial charge is 0.662 e. The van der Waals surface area contributed by atoms with Crippen molar-refractivity contribution in [1.82, 2.24) is 0 Å². The van der Waals surface area contributed by atoms with Gasteiger partial charge < -0.3 is 14.4 Å². The summed E-state index contributed by atoms with van der Waals surface area (Å²) in [6, 6.07) is 5.09. The van der Waals surface area contributed by atoms with Crippen molar-refractivity contribution in [2.45, 2.75) is 0 Å². The highest BCUT2D eigenvalue weighted by molar-refractivity contribution is 6.22. The van der Waals surface area contributed by atoms with Crippen LogP contribution in [-0.2, 0) is 4.65 Å². The van der Waals surface area contributed by atoms with Crippen molar-refractivity contribution in [3.63, 3.8) is 0 Å². The average Bonchev–Trinajstić information content (AvgIpc) is 2.18. The van der Waals surface area contributed by atoms with Crippen molar-refractivity contribution in [3.05, 3.63) is 34.4 Å². The minimum absolute atomic E-state index is 0.0819. The van der Waals surface area contributed by atoms with Crippen LogP contribution in [0.15, 0.2) is 24.3 Å². The van der Waals surface area contributed by atoms with E-state index in [-0.39, 0.29) is 11.4 Å². The minimum atomic E-state index is -1.50. The molecule has 7 nitrogen and oxygen atoms in total. The lowest BCUT2D eigenvalue weighted by Gasteiger charge is -2.01. The van der Waals surface area contributed by atoms with Crippen LogP contribution in [0.2, 0.25) is 0 Å². The van der Waals surface area contributed by atoms with Crippen molar-refractivity contribution in [3.8, 4) is 5.75 Å². The zero-order valence-electron chi connectivity index (χ0n) is 7.32. The first-order valence-electron chi connectivity index (χ1n) is 3.72. The maximum atomic E-state index is 10.3. The summed E-state index contributed by atoms with van der Waals surface area (Å²) in [7, 11) is 0.615. The van der Waals surface area contributed by atoms with Gasteiger partial charge in [-0.25, -0.2) is 4.79 Å². The van der Waals surface area contributed by atoms with Crippen molar-refractivity contribution < 1.29 is 24.1 Å². The first-order valence-corrected chi connectivity index (χ1v) is 3.72. The van der Waals surface area contributed by atoms with Gasteiger partial charge in [-0.2, -0.15) is 0 Å². The van der Waals surface area contributed by atoms with Gasteiger partial charge in [-0.05, 0) is 12.1 Å². The molecule has 0 aliphatic rings. The highest BCUT2D eigenvalue weighted by atomic mass is 16.7. The number of carboxylic acid groups (broad SMARTS) is 1. The quantitative estimate of drug-likeness (QED) is 0.455. The highest BCUT2D eigenvalue weighted by Crippen LogP contribution is 2.16. The monoisotopic (exact) mass is 210 g/mol. The summed E-state index contributed by atoms with van der Waals surface area (Å²) in [5, 5.41) is 18.4. The molecule has 0 atom stereocenters. The summed E-state index contributed by atoms with van der Waals surface area (Å²) in [5.41, 5.74) is -0.0819. The van der Waals surface area contributed by atoms with E-state index < -0.39 is 11.1 Å².